The minimum absolute atomic E-state index is 0.157. The first kappa shape index (κ1) is 18.7. The van der Waals surface area contributed by atoms with Gasteiger partial charge in [0.25, 0.3) is 5.91 Å². The monoisotopic (exact) mass is 357 g/mol. The molecule has 0 atom stereocenters. The molecule has 1 N–H and O–H groups in total. The fraction of sp³-hybridized carbons (Fsp3) is 0.619. The minimum atomic E-state index is -0.587. The molecule has 0 bridgehead atoms. The number of benzene rings is 1. The van der Waals surface area contributed by atoms with Gasteiger partial charge in [0.1, 0.15) is 5.54 Å². The number of carbonyl (C=O) groups excluding carboxylic acids is 2. The van der Waals surface area contributed by atoms with Gasteiger partial charge in [0.2, 0.25) is 5.91 Å². The van der Waals surface area contributed by atoms with E-state index in [-0.39, 0.29) is 17.2 Å². The fourth-order valence-corrected chi connectivity index (χ4v) is 3.86. The molecule has 2 amide bonds. The van der Waals surface area contributed by atoms with Crippen molar-refractivity contribution in [3.05, 3.63) is 24.3 Å². The van der Waals surface area contributed by atoms with Crippen molar-refractivity contribution in [3.8, 4) is 0 Å². The van der Waals surface area contributed by atoms with E-state index in [1.165, 1.54) is 0 Å². The maximum atomic E-state index is 13.5. The average molecular weight is 357 g/mol. The Kier molecular flexibility index (Phi) is 5.00. The van der Waals surface area contributed by atoms with E-state index in [0.717, 1.165) is 24.3 Å². The molecular weight excluding hydrogens is 326 g/mol. The average Bonchev–Trinajstić information content (AvgIpc) is 2.61. The van der Waals surface area contributed by atoms with E-state index < -0.39 is 5.54 Å². The maximum Gasteiger partial charge on any atom is 0.252 e. The first-order valence-electron chi connectivity index (χ1n) is 9.73. The molecule has 3 rings (SSSR count). The van der Waals surface area contributed by atoms with Crippen LogP contribution in [-0.4, -0.2) is 41.9 Å². The largest absolute Gasteiger partial charge is 0.369 e. The Balaban J connectivity index is 1.85. The molecule has 1 fully saturated rings. The lowest BCUT2D eigenvalue weighted by Gasteiger charge is -2.48. The molecular formula is C21H31N3O2. The number of carbonyl (C=O) groups is 2. The van der Waals surface area contributed by atoms with Crippen molar-refractivity contribution in [2.75, 3.05) is 29.9 Å². The van der Waals surface area contributed by atoms with Gasteiger partial charge in [0.05, 0.1) is 11.4 Å². The van der Waals surface area contributed by atoms with Crippen molar-refractivity contribution in [1.82, 2.24) is 4.90 Å². The van der Waals surface area contributed by atoms with E-state index in [4.69, 9.17) is 0 Å². The lowest BCUT2D eigenvalue weighted by atomic mass is 9.82. The number of para-hydroxylation sites is 2. The van der Waals surface area contributed by atoms with Gasteiger partial charge >= 0.3 is 0 Å². The molecule has 0 saturated carbocycles. The number of anilines is 2. The highest BCUT2D eigenvalue weighted by Crippen LogP contribution is 2.40. The summed E-state index contributed by atoms with van der Waals surface area (Å²) in [7, 11) is 0. The predicted octanol–water partition coefficient (Wildman–Crippen LogP) is 3.65. The van der Waals surface area contributed by atoms with E-state index in [9.17, 15) is 9.59 Å². The number of hydrogen-bond acceptors (Lipinski definition) is 3. The molecule has 1 aromatic carbocycles. The molecule has 0 radical (unpaired) electrons. The van der Waals surface area contributed by atoms with E-state index in [2.05, 4.69) is 32.2 Å². The molecule has 26 heavy (non-hydrogen) atoms. The Morgan fingerprint density at radius 2 is 1.85 bits per heavy atom. The summed E-state index contributed by atoms with van der Waals surface area (Å²) in [5.74, 6) is 0.331. The first-order chi connectivity index (χ1) is 12.3. The third kappa shape index (κ3) is 3.57. The van der Waals surface area contributed by atoms with Crippen LogP contribution in [0.1, 0.15) is 53.4 Å². The zero-order valence-corrected chi connectivity index (χ0v) is 16.5. The number of hydrogen-bond donors (Lipinski definition) is 1. The third-order valence-corrected chi connectivity index (χ3v) is 5.58. The Labute approximate surface area is 156 Å². The number of rotatable bonds is 3. The van der Waals surface area contributed by atoms with Gasteiger partial charge in [0, 0.05) is 26.1 Å². The molecule has 142 valence electrons. The Hall–Kier alpha value is -2.04. The summed E-state index contributed by atoms with van der Waals surface area (Å²) < 4.78 is 0. The first-order valence-corrected chi connectivity index (χ1v) is 9.73. The molecule has 5 nitrogen and oxygen atoms in total. The SMILES string of the molecule is CCC(=O)N1CCC2(CC1)Nc1ccccc1N(CCC(C)(C)C)C2=O. The lowest BCUT2D eigenvalue weighted by Crippen LogP contribution is -2.62. The number of piperidine rings is 1. The standard InChI is InChI=1S/C21H31N3O2/c1-5-18(25)23-13-11-21(12-14-23)19(26)24(15-10-20(2,3)4)17-9-7-6-8-16(17)22-21/h6-9,22H,5,10-15H2,1-4H3. The lowest BCUT2D eigenvalue weighted by molar-refractivity contribution is -0.135. The summed E-state index contributed by atoms with van der Waals surface area (Å²) in [4.78, 5) is 29.3. The number of nitrogens with one attached hydrogen (secondary N) is 1. The molecule has 2 aliphatic rings. The summed E-state index contributed by atoms with van der Waals surface area (Å²) in [6.07, 6.45) is 2.80. The van der Waals surface area contributed by atoms with Crippen molar-refractivity contribution in [3.63, 3.8) is 0 Å². The summed E-state index contributed by atoms with van der Waals surface area (Å²) in [6, 6.07) is 8.06. The van der Waals surface area contributed by atoms with Crippen LogP contribution in [0.25, 0.3) is 0 Å². The van der Waals surface area contributed by atoms with E-state index in [1.54, 1.807) is 0 Å². The maximum absolute atomic E-state index is 13.5. The van der Waals surface area contributed by atoms with Gasteiger partial charge in [0.15, 0.2) is 0 Å². The molecule has 0 unspecified atom stereocenters. The van der Waals surface area contributed by atoms with Crippen LogP contribution in [0.3, 0.4) is 0 Å². The smallest absolute Gasteiger partial charge is 0.252 e. The van der Waals surface area contributed by atoms with Crippen LogP contribution in [0, 0.1) is 5.41 Å². The molecule has 2 aliphatic heterocycles. The molecule has 0 aliphatic carbocycles. The second-order valence-electron chi connectivity index (χ2n) is 8.73. The van der Waals surface area contributed by atoms with Crippen molar-refractivity contribution in [2.45, 2.75) is 58.9 Å². The normalized spacial score (nSPS) is 19.3. The van der Waals surface area contributed by atoms with Gasteiger partial charge in [-0.15, -0.1) is 0 Å². The highest BCUT2D eigenvalue weighted by molar-refractivity contribution is 6.08. The van der Waals surface area contributed by atoms with E-state index >= 15 is 0 Å². The molecule has 1 saturated heterocycles. The Bertz CT molecular complexity index is 685. The van der Waals surface area contributed by atoms with Crippen LogP contribution in [-0.2, 0) is 9.59 Å². The van der Waals surface area contributed by atoms with Crippen LogP contribution < -0.4 is 10.2 Å². The minimum Gasteiger partial charge on any atom is -0.369 e. The van der Waals surface area contributed by atoms with E-state index in [1.807, 2.05) is 34.9 Å². The van der Waals surface area contributed by atoms with Crippen LogP contribution in [0.5, 0.6) is 0 Å². The van der Waals surface area contributed by atoms with Crippen LogP contribution in [0.4, 0.5) is 11.4 Å². The van der Waals surface area contributed by atoms with Gasteiger partial charge in [-0.05, 0) is 36.8 Å². The van der Waals surface area contributed by atoms with Crippen LogP contribution in [0.2, 0.25) is 0 Å². The molecule has 2 heterocycles. The summed E-state index contributed by atoms with van der Waals surface area (Å²) in [6.45, 7) is 10.5. The van der Waals surface area contributed by atoms with Crippen molar-refractivity contribution in [1.29, 1.82) is 0 Å². The quantitative estimate of drug-likeness (QED) is 0.898. The van der Waals surface area contributed by atoms with Gasteiger partial charge in [-0.25, -0.2) is 0 Å². The fourth-order valence-electron chi connectivity index (χ4n) is 3.86. The van der Waals surface area contributed by atoms with Crippen molar-refractivity contribution >= 4 is 23.2 Å². The zero-order valence-electron chi connectivity index (χ0n) is 16.5. The number of fused-ring (bicyclic) bond motifs is 1. The van der Waals surface area contributed by atoms with Gasteiger partial charge in [-0.2, -0.15) is 0 Å². The summed E-state index contributed by atoms with van der Waals surface area (Å²) in [5.41, 5.74) is 1.58. The number of amides is 2. The van der Waals surface area contributed by atoms with Gasteiger partial charge in [-0.1, -0.05) is 39.8 Å². The summed E-state index contributed by atoms with van der Waals surface area (Å²) >= 11 is 0. The molecule has 1 aromatic rings. The predicted molar refractivity (Wildman–Crippen MR) is 105 cm³/mol. The molecule has 1 spiro atoms. The topological polar surface area (TPSA) is 52.7 Å². The van der Waals surface area contributed by atoms with Crippen molar-refractivity contribution < 1.29 is 9.59 Å². The Morgan fingerprint density at radius 3 is 2.46 bits per heavy atom. The highest BCUT2D eigenvalue weighted by atomic mass is 16.2. The Morgan fingerprint density at radius 1 is 1.19 bits per heavy atom. The summed E-state index contributed by atoms with van der Waals surface area (Å²) in [5, 5.41) is 3.54. The van der Waals surface area contributed by atoms with Gasteiger partial charge < -0.3 is 15.1 Å². The molecule has 0 aromatic heterocycles. The zero-order chi connectivity index (χ0) is 18.9. The number of nitrogens with zero attached hydrogens (tertiary/aromatic N) is 2. The third-order valence-electron chi connectivity index (χ3n) is 5.58. The van der Waals surface area contributed by atoms with Crippen molar-refractivity contribution in [2.24, 2.45) is 5.41 Å². The molecule has 5 heteroatoms. The second kappa shape index (κ2) is 6.93. The highest BCUT2D eigenvalue weighted by Gasteiger charge is 2.48. The van der Waals surface area contributed by atoms with Crippen LogP contribution >= 0.6 is 0 Å². The second-order valence-corrected chi connectivity index (χ2v) is 8.73. The van der Waals surface area contributed by atoms with Crippen LogP contribution in [0.15, 0.2) is 24.3 Å². The number of likely N-dealkylation sites (tertiary alicyclic amines) is 1. The van der Waals surface area contributed by atoms with Gasteiger partial charge in [-0.3, -0.25) is 9.59 Å². The van der Waals surface area contributed by atoms with E-state index in [0.29, 0.717) is 32.4 Å².